The highest BCUT2D eigenvalue weighted by Gasteiger charge is 2.52. The molecule has 3 atom stereocenters. The quantitative estimate of drug-likeness (QED) is 0.383. The van der Waals surface area contributed by atoms with E-state index in [-0.39, 0.29) is 23.7 Å². The van der Waals surface area contributed by atoms with Gasteiger partial charge in [-0.25, -0.2) is 15.0 Å². The summed E-state index contributed by atoms with van der Waals surface area (Å²) in [7, 11) is 0. The van der Waals surface area contributed by atoms with E-state index in [1.54, 1.807) is 6.07 Å². The molecule has 3 aromatic heterocycles. The van der Waals surface area contributed by atoms with Gasteiger partial charge in [-0.05, 0) is 59.9 Å². The Labute approximate surface area is 202 Å². The van der Waals surface area contributed by atoms with Crippen LogP contribution in [0.2, 0.25) is 5.02 Å². The van der Waals surface area contributed by atoms with Crippen molar-refractivity contribution < 1.29 is 4.79 Å². The number of imidazole rings is 1. The normalized spacial score (nSPS) is 21.4. The number of aromatic nitrogens is 4. The average molecular weight is 473 g/mol. The van der Waals surface area contributed by atoms with Gasteiger partial charge in [-0.2, -0.15) is 0 Å². The maximum absolute atomic E-state index is 12.9. The third kappa shape index (κ3) is 4.23. The summed E-state index contributed by atoms with van der Waals surface area (Å²) in [5.41, 5.74) is 4.34. The molecule has 8 heteroatoms. The van der Waals surface area contributed by atoms with E-state index < -0.39 is 0 Å². The van der Waals surface area contributed by atoms with E-state index in [0.717, 1.165) is 16.9 Å². The Balaban J connectivity index is 1.09. The van der Waals surface area contributed by atoms with Crippen molar-refractivity contribution in [1.29, 1.82) is 0 Å². The second-order valence-corrected chi connectivity index (χ2v) is 9.77. The van der Waals surface area contributed by atoms with E-state index in [9.17, 15) is 4.79 Å². The SMILES string of the molecule is C[C@@H]1[C@@H](C(=O)Nc2cc(NCc3cn4cc(C5CC5)ccc4n3)ncn2)[C@@H]1c1cccc(Cl)c1. The molecule has 34 heavy (non-hydrogen) atoms. The monoisotopic (exact) mass is 472 g/mol. The second kappa shape index (κ2) is 8.40. The van der Waals surface area contributed by atoms with Gasteiger partial charge in [-0.1, -0.05) is 36.7 Å². The zero-order chi connectivity index (χ0) is 23.2. The number of halogens is 1. The summed E-state index contributed by atoms with van der Waals surface area (Å²) in [5, 5.41) is 6.93. The van der Waals surface area contributed by atoms with Crippen LogP contribution in [0.5, 0.6) is 0 Å². The molecule has 2 N–H and O–H groups in total. The molecule has 2 aliphatic rings. The van der Waals surface area contributed by atoms with Crippen LogP contribution in [0, 0.1) is 11.8 Å². The maximum atomic E-state index is 12.9. The number of carbonyl (C=O) groups excluding carboxylic acids is 1. The van der Waals surface area contributed by atoms with Crippen molar-refractivity contribution in [3.05, 3.63) is 83.0 Å². The highest BCUT2D eigenvalue weighted by atomic mass is 35.5. The van der Waals surface area contributed by atoms with Crippen molar-refractivity contribution in [2.75, 3.05) is 10.6 Å². The topological polar surface area (TPSA) is 84.2 Å². The minimum Gasteiger partial charge on any atom is -0.364 e. The number of hydrogen-bond donors (Lipinski definition) is 2. The number of nitrogens with zero attached hydrogens (tertiary/aromatic N) is 4. The molecule has 7 nitrogen and oxygen atoms in total. The molecule has 1 amide bonds. The van der Waals surface area contributed by atoms with Gasteiger partial charge < -0.3 is 15.0 Å². The molecular weight excluding hydrogens is 448 g/mol. The average Bonchev–Trinajstić information content (AvgIpc) is 3.74. The third-order valence-electron chi connectivity index (χ3n) is 6.86. The lowest BCUT2D eigenvalue weighted by molar-refractivity contribution is -0.117. The summed E-state index contributed by atoms with van der Waals surface area (Å²) in [4.78, 5) is 26.1. The number of hydrogen-bond acceptors (Lipinski definition) is 5. The summed E-state index contributed by atoms with van der Waals surface area (Å²) in [6.45, 7) is 2.62. The van der Waals surface area contributed by atoms with Crippen LogP contribution in [0.3, 0.4) is 0 Å². The lowest BCUT2D eigenvalue weighted by atomic mass is 10.1. The van der Waals surface area contributed by atoms with Crippen molar-refractivity contribution in [1.82, 2.24) is 19.4 Å². The van der Waals surface area contributed by atoms with Gasteiger partial charge in [-0.3, -0.25) is 4.79 Å². The molecule has 0 radical (unpaired) electrons. The predicted octanol–water partition coefficient (Wildman–Crippen LogP) is 5.26. The van der Waals surface area contributed by atoms with E-state index in [2.05, 4.69) is 55.2 Å². The first-order valence-corrected chi connectivity index (χ1v) is 12.0. The first-order valence-electron chi connectivity index (χ1n) is 11.6. The van der Waals surface area contributed by atoms with Crippen molar-refractivity contribution in [2.45, 2.75) is 38.1 Å². The van der Waals surface area contributed by atoms with E-state index in [1.807, 2.05) is 30.5 Å². The Kier molecular flexibility index (Phi) is 5.21. The lowest BCUT2D eigenvalue weighted by Crippen LogP contribution is -2.16. The molecule has 0 aliphatic heterocycles. The molecule has 6 rings (SSSR count). The van der Waals surface area contributed by atoms with Crippen LogP contribution in [0.15, 0.2) is 61.2 Å². The molecule has 4 aromatic rings. The summed E-state index contributed by atoms with van der Waals surface area (Å²) in [6, 6.07) is 13.7. The Hall–Kier alpha value is -3.45. The first-order chi connectivity index (χ1) is 16.5. The van der Waals surface area contributed by atoms with Gasteiger partial charge in [-0.15, -0.1) is 0 Å². The molecular formula is C26H25ClN6O. The summed E-state index contributed by atoms with van der Waals surface area (Å²) in [5.74, 6) is 2.13. The summed E-state index contributed by atoms with van der Waals surface area (Å²) < 4.78 is 2.09. The second-order valence-electron chi connectivity index (χ2n) is 9.33. The number of anilines is 2. The number of rotatable bonds is 7. The van der Waals surface area contributed by atoms with Gasteiger partial charge in [0.05, 0.1) is 12.2 Å². The molecule has 2 saturated carbocycles. The van der Waals surface area contributed by atoms with Crippen molar-refractivity contribution in [3.63, 3.8) is 0 Å². The minimum absolute atomic E-state index is 0.0334. The lowest BCUT2D eigenvalue weighted by Gasteiger charge is -2.07. The molecule has 2 aliphatic carbocycles. The molecule has 0 bridgehead atoms. The largest absolute Gasteiger partial charge is 0.364 e. The van der Waals surface area contributed by atoms with Gasteiger partial charge in [0, 0.05) is 29.4 Å². The van der Waals surface area contributed by atoms with Gasteiger partial charge in [0.2, 0.25) is 5.91 Å². The zero-order valence-corrected chi connectivity index (χ0v) is 19.5. The van der Waals surface area contributed by atoms with Gasteiger partial charge in [0.15, 0.2) is 0 Å². The fourth-order valence-corrected chi connectivity index (χ4v) is 5.01. The highest BCUT2D eigenvalue weighted by molar-refractivity contribution is 6.30. The number of pyridine rings is 1. The Morgan fingerprint density at radius 3 is 2.76 bits per heavy atom. The molecule has 3 heterocycles. The van der Waals surface area contributed by atoms with Crippen LogP contribution in [0.4, 0.5) is 11.6 Å². The zero-order valence-electron chi connectivity index (χ0n) is 18.8. The number of amides is 1. The van der Waals surface area contributed by atoms with Crippen LogP contribution in [-0.2, 0) is 11.3 Å². The Morgan fingerprint density at radius 2 is 1.94 bits per heavy atom. The van der Waals surface area contributed by atoms with Crippen LogP contribution in [0.25, 0.3) is 5.65 Å². The molecule has 0 saturated heterocycles. The van der Waals surface area contributed by atoms with Crippen LogP contribution in [0.1, 0.15) is 48.4 Å². The third-order valence-corrected chi connectivity index (χ3v) is 7.09. The molecule has 2 fully saturated rings. The number of nitrogens with one attached hydrogen (secondary N) is 2. The van der Waals surface area contributed by atoms with Crippen molar-refractivity contribution >= 4 is 34.8 Å². The van der Waals surface area contributed by atoms with Crippen LogP contribution >= 0.6 is 11.6 Å². The van der Waals surface area contributed by atoms with Crippen LogP contribution < -0.4 is 10.6 Å². The summed E-state index contributed by atoms with van der Waals surface area (Å²) in [6.07, 6.45) is 8.23. The molecule has 0 spiro atoms. The number of benzene rings is 1. The van der Waals surface area contributed by atoms with Gasteiger partial charge in [0.25, 0.3) is 0 Å². The van der Waals surface area contributed by atoms with Gasteiger partial charge in [0.1, 0.15) is 23.6 Å². The standard InChI is InChI=1S/C26H25ClN6O/c1-15-24(17-3-2-4-19(27)9-17)25(15)26(34)32-22-10-21(29-14-30-22)28-11-20-13-33-12-18(16-5-6-16)7-8-23(33)31-20/h2-4,7-10,12-16,24-25H,5-6,11H2,1H3,(H2,28,29,30,32,34)/t15-,24-,25+/m0/s1. The fraction of sp³-hybridized carbons (Fsp3) is 0.308. The van der Waals surface area contributed by atoms with Crippen molar-refractivity contribution in [2.24, 2.45) is 11.8 Å². The Morgan fingerprint density at radius 1 is 1.09 bits per heavy atom. The van der Waals surface area contributed by atoms with Gasteiger partial charge >= 0.3 is 0 Å². The minimum atomic E-state index is -0.0941. The summed E-state index contributed by atoms with van der Waals surface area (Å²) >= 11 is 6.13. The molecule has 1 aromatic carbocycles. The van der Waals surface area contributed by atoms with Crippen LogP contribution in [-0.4, -0.2) is 25.3 Å². The van der Waals surface area contributed by atoms with E-state index in [4.69, 9.17) is 11.6 Å². The molecule has 0 unspecified atom stereocenters. The fourth-order valence-electron chi connectivity index (χ4n) is 4.81. The first kappa shape index (κ1) is 21.1. The van der Waals surface area contributed by atoms with Crippen molar-refractivity contribution in [3.8, 4) is 0 Å². The number of carbonyl (C=O) groups is 1. The predicted molar refractivity (Wildman–Crippen MR) is 132 cm³/mol. The smallest absolute Gasteiger partial charge is 0.229 e. The number of fused-ring (bicyclic) bond motifs is 1. The van der Waals surface area contributed by atoms with E-state index in [0.29, 0.717) is 29.1 Å². The molecule has 172 valence electrons. The Bertz CT molecular complexity index is 1380. The maximum Gasteiger partial charge on any atom is 0.229 e. The highest BCUT2D eigenvalue weighted by Crippen LogP contribution is 2.54. The van der Waals surface area contributed by atoms with E-state index >= 15 is 0 Å². The van der Waals surface area contributed by atoms with E-state index in [1.165, 1.54) is 24.7 Å².